The number of aromatic nitrogens is 1. The highest BCUT2D eigenvalue weighted by atomic mass is 32.2. The molecule has 1 aromatic heterocycles. The van der Waals surface area contributed by atoms with Gasteiger partial charge < -0.3 is 9.15 Å². The molecule has 2 aromatic carbocycles. The van der Waals surface area contributed by atoms with Gasteiger partial charge in [0.05, 0.1) is 22.4 Å². The lowest BCUT2D eigenvalue weighted by Crippen LogP contribution is -2.12. The van der Waals surface area contributed by atoms with Gasteiger partial charge in [-0.2, -0.15) is 0 Å². The number of nitro groups is 1. The average molecular weight is 376 g/mol. The lowest BCUT2D eigenvalue weighted by Gasteiger charge is -2.04. The van der Waals surface area contributed by atoms with Gasteiger partial charge in [0.1, 0.15) is 5.75 Å². The van der Waals surface area contributed by atoms with E-state index in [9.17, 15) is 23.3 Å². The monoisotopic (exact) mass is 376 g/mol. The van der Waals surface area contributed by atoms with Crippen LogP contribution in [0, 0.1) is 10.1 Å². The number of oxazole rings is 1. The SMILES string of the molecule is COc1ccc(S(=O)(=O)/C(=C\c2ccc3oc(=O)[nH]c3c2)[N+](=O)[O-])cc1. The molecule has 0 radical (unpaired) electrons. The Balaban J connectivity index is 2.10. The minimum atomic E-state index is -4.36. The normalized spacial score (nSPS) is 12.3. The number of nitrogens with one attached hydrogen (secondary N) is 1. The van der Waals surface area contributed by atoms with Gasteiger partial charge in [-0.15, -0.1) is 0 Å². The first kappa shape index (κ1) is 17.4. The number of hydrogen-bond acceptors (Lipinski definition) is 7. The number of H-pyrrole nitrogens is 1. The lowest BCUT2D eigenvalue weighted by molar-refractivity contribution is -0.410. The molecule has 0 aliphatic rings. The van der Waals surface area contributed by atoms with Crippen molar-refractivity contribution in [2.24, 2.45) is 0 Å². The Kier molecular flexibility index (Phi) is 4.34. The van der Waals surface area contributed by atoms with Gasteiger partial charge in [0.25, 0.3) is 9.84 Å². The molecule has 0 fully saturated rings. The summed E-state index contributed by atoms with van der Waals surface area (Å²) in [6, 6.07) is 9.44. The fraction of sp³-hybridized carbons (Fsp3) is 0.0625. The largest absolute Gasteiger partial charge is 0.497 e. The second-order valence-corrected chi connectivity index (χ2v) is 7.09. The molecule has 0 bridgehead atoms. The van der Waals surface area contributed by atoms with Gasteiger partial charge >= 0.3 is 10.8 Å². The van der Waals surface area contributed by atoms with Crippen LogP contribution in [0.25, 0.3) is 17.2 Å². The van der Waals surface area contributed by atoms with Crippen LogP contribution in [0.3, 0.4) is 0 Å². The van der Waals surface area contributed by atoms with E-state index in [0.717, 1.165) is 6.08 Å². The lowest BCUT2D eigenvalue weighted by atomic mass is 10.2. The van der Waals surface area contributed by atoms with Crippen LogP contribution in [0.5, 0.6) is 5.75 Å². The van der Waals surface area contributed by atoms with Crippen molar-refractivity contribution in [3.05, 3.63) is 73.7 Å². The van der Waals surface area contributed by atoms with E-state index in [0.29, 0.717) is 11.3 Å². The maximum atomic E-state index is 12.6. The number of hydrogen-bond donors (Lipinski definition) is 1. The van der Waals surface area contributed by atoms with Crippen molar-refractivity contribution < 1.29 is 22.5 Å². The van der Waals surface area contributed by atoms with E-state index in [2.05, 4.69) is 4.98 Å². The molecule has 9 nitrogen and oxygen atoms in total. The second kappa shape index (κ2) is 6.48. The fourth-order valence-electron chi connectivity index (χ4n) is 2.31. The zero-order valence-corrected chi connectivity index (χ0v) is 14.1. The van der Waals surface area contributed by atoms with E-state index >= 15 is 0 Å². The molecular weight excluding hydrogens is 364 g/mol. The van der Waals surface area contributed by atoms with Crippen molar-refractivity contribution in [1.82, 2.24) is 4.98 Å². The van der Waals surface area contributed by atoms with Crippen LogP contribution >= 0.6 is 0 Å². The van der Waals surface area contributed by atoms with Crippen LogP contribution in [0.15, 0.2) is 61.6 Å². The number of rotatable bonds is 5. The van der Waals surface area contributed by atoms with Crippen molar-refractivity contribution in [3.63, 3.8) is 0 Å². The van der Waals surface area contributed by atoms with Crippen molar-refractivity contribution >= 4 is 27.0 Å². The van der Waals surface area contributed by atoms with Crippen molar-refractivity contribution in [3.8, 4) is 5.75 Å². The Bertz CT molecular complexity index is 1170. The topological polar surface area (TPSA) is 133 Å². The van der Waals surface area contributed by atoms with Crippen molar-refractivity contribution in [2.45, 2.75) is 4.90 Å². The van der Waals surface area contributed by atoms with E-state index in [1.165, 1.54) is 49.6 Å². The van der Waals surface area contributed by atoms with E-state index < -0.39 is 25.5 Å². The number of sulfone groups is 1. The van der Waals surface area contributed by atoms with Crippen LogP contribution in [0.2, 0.25) is 0 Å². The molecule has 0 aliphatic carbocycles. The van der Waals surface area contributed by atoms with E-state index in [1.807, 2.05) is 0 Å². The average Bonchev–Trinajstić information content (AvgIpc) is 2.98. The van der Waals surface area contributed by atoms with E-state index in [4.69, 9.17) is 9.15 Å². The Morgan fingerprint density at radius 3 is 2.54 bits per heavy atom. The van der Waals surface area contributed by atoms with Gasteiger partial charge in [-0.05, 0) is 42.0 Å². The van der Waals surface area contributed by atoms with Gasteiger partial charge in [-0.3, -0.25) is 15.1 Å². The summed E-state index contributed by atoms with van der Waals surface area (Å²) < 4.78 is 35.0. The molecule has 3 aromatic rings. The molecule has 10 heteroatoms. The molecule has 1 N–H and O–H groups in total. The highest BCUT2D eigenvalue weighted by Crippen LogP contribution is 2.25. The molecule has 3 rings (SSSR count). The number of nitrogens with zero attached hydrogens (tertiary/aromatic N) is 1. The number of fused-ring (bicyclic) bond motifs is 1. The summed E-state index contributed by atoms with van der Waals surface area (Å²) in [7, 11) is -2.94. The Labute approximate surface area is 146 Å². The summed E-state index contributed by atoms with van der Waals surface area (Å²) in [6.07, 6.45) is 0.921. The first-order valence-electron chi connectivity index (χ1n) is 7.19. The minimum Gasteiger partial charge on any atom is -0.497 e. The minimum absolute atomic E-state index is 0.221. The summed E-state index contributed by atoms with van der Waals surface area (Å²) in [6.45, 7) is 0. The van der Waals surface area contributed by atoms with Gasteiger partial charge in [0.2, 0.25) is 0 Å². The highest BCUT2D eigenvalue weighted by molar-refractivity contribution is 7.95. The molecule has 1 heterocycles. The van der Waals surface area contributed by atoms with Crippen LogP contribution in [-0.4, -0.2) is 25.4 Å². The second-order valence-electron chi connectivity index (χ2n) is 5.19. The predicted octanol–water partition coefficient (Wildman–Crippen LogP) is 2.18. The van der Waals surface area contributed by atoms with Crippen LogP contribution in [-0.2, 0) is 9.84 Å². The van der Waals surface area contributed by atoms with Crippen molar-refractivity contribution in [2.75, 3.05) is 7.11 Å². The summed E-state index contributed by atoms with van der Waals surface area (Å²) in [5.41, 5.74) is 0.777. The zero-order valence-electron chi connectivity index (χ0n) is 13.3. The molecule has 0 unspecified atom stereocenters. The Morgan fingerprint density at radius 1 is 1.23 bits per heavy atom. The first-order valence-corrected chi connectivity index (χ1v) is 8.67. The van der Waals surface area contributed by atoms with Crippen LogP contribution in [0.4, 0.5) is 0 Å². The Morgan fingerprint density at radius 2 is 1.92 bits per heavy atom. The summed E-state index contributed by atoms with van der Waals surface area (Å²) in [5, 5.41) is 10.4. The third kappa shape index (κ3) is 3.22. The summed E-state index contributed by atoms with van der Waals surface area (Å²) in [5.74, 6) is -0.258. The quantitative estimate of drug-likeness (QED) is 0.533. The van der Waals surface area contributed by atoms with Crippen LogP contribution < -0.4 is 10.5 Å². The molecule has 26 heavy (non-hydrogen) atoms. The standard InChI is InChI=1S/C16H12N2O7S/c1-24-11-3-5-12(6-4-11)26(22,23)15(18(20)21)9-10-2-7-14-13(8-10)17-16(19)25-14/h2-9H,1H3,(H,17,19)/b15-9-. The number of aromatic amines is 1. The maximum Gasteiger partial charge on any atom is 0.417 e. The molecule has 0 aliphatic heterocycles. The molecule has 0 atom stereocenters. The maximum absolute atomic E-state index is 12.6. The summed E-state index contributed by atoms with van der Waals surface area (Å²) >= 11 is 0. The van der Waals surface area contributed by atoms with Gasteiger partial charge in [0, 0.05) is 6.08 Å². The first-order chi connectivity index (χ1) is 12.3. The molecule has 0 saturated carbocycles. The molecule has 0 amide bonds. The van der Waals surface area contributed by atoms with Crippen molar-refractivity contribution in [1.29, 1.82) is 0 Å². The van der Waals surface area contributed by atoms with Gasteiger partial charge in [-0.25, -0.2) is 13.2 Å². The number of ether oxygens (including phenoxy) is 1. The van der Waals surface area contributed by atoms with E-state index in [1.54, 1.807) is 0 Å². The molecule has 0 spiro atoms. The fourth-order valence-corrected chi connectivity index (χ4v) is 3.53. The summed E-state index contributed by atoms with van der Waals surface area (Å²) in [4.78, 5) is 23.7. The zero-order chi connectivity index (χ0) is 18.9. The highest BCUT2D eigenvalue weighted by Gasteiger charge is 2.31. The molecular formula is C16H12N2O7S. The number of methoxy groups -OCH3 is 1. The number of benzene rings is 2. The smallest absolute Gasteiger partial charge is 0.417 e. The third-order valence-electron chi connectivity index (χ3n) is 3.56. The molecule has 0 saturated heterocycles. The molecule has 134 valence electrons. The third-order valence-corrected chi connectivity index (χ3v) is 5.27. The van der Waals surface area contributed by atoms with E-state index in [-0.39, 0.29) is 16.0 Å². The predicted molar refractivity (Wildman–Crippen MR) is 92.0 cm³/mol. The van der Waals surface area contributed by atoms with Gasteiger partial charge in [0.15, 0.2) is 5.58 Å². The van der Waals surface area contributed by atoms with Crippen LogP contribution in [0.1, 0.15) is 5.56 Å². The van der Waals surface area contributed by atoms with Gasteiger partial charge in [-0.1, -0.05) is 6.07 Å². The Hall–Kier alpha value is -3.40.